The average Bonchev–Trinajstić information content (AvgIpc) is 3.34. The van der Waals surface area contributed by atoms with Crippen molar-refractivity contribution in [2.24, 2.45) is 5.73 Å². The highest BCUT2D eigenvalue weighted by Gasteiger charge is 2.12. The van der Waals surface area contributed by atoms with Crippen molar-refractivity contribution in [3.63, 3.8) is 0 Å². The minimum atomic E-state index is 0.366. The molecule has 0 aliphatic carbocycles. The summed E-state index contributed by atoms with van der Waals surface area (Å²) >= 11 is 0. The molecule has 1 aliphatic heterocycles. The first-order valence-corrected chi connectivity index (χ1v) is 8.89. The van der Waals surface area contributed by atoms with Crippen molar-refractivity contribution < 1.29 is 4.52 Å². The Bertz CT molecular complexity index is 832. The molecule has 0 amide bonds. The first-order valence-electron chi connectivity index (χ1n) is 8.89. The molecule has 1 aromatic heterocycles. The molecular weight excluding hydrogens is 310 g/mol. The quantitative estimate of drug-likeness (QED) is 0.765. The Balaban J connectivity index is 1.54. The first-order chi connectivity index (χ1) is 12.3. The minimum Gasteiger partial charge on any atom is -0.359 e. The molecule has 2 N–H and O–H groups in total. The van der Waals surface area contributed by atoms with E-state index in [2.05, 4.69) is 52.5 Å². The molecule has 4 rings (SSSR count). The third-order valence-electron chi connectivity index (χ3n) is 4.81. The highest BCUT2D eigenvalue weighted by atomic mass is 16.5. The molecule has 4 nitrogen and oxygen atoms in total. The highest BCUT2D eigenvalue weighted by Crippen LogP contribution is 2.27. The smallest absolute Gasteiger partial charge is 0.150 e. The van der Waals surface area contributed by atoms with Crippen molar-refractivity contribution in [3.05, 3.63) is 65.9 Å². The monoisotopic (exact) mass is 333 g/mol. The summed E-state index contributed by atoms with van der Waals surface area (Å²) < 4.78 is 5.21. The van der Waals surface area contributed by atoms with Crippen LogP contribution in [0, 0.1) is 0 Å². The van der Waals surface area contributed by atoms with Crippen LogP contribution in [0.2, 0.25) is 0 Å². The van der Waals surface area contributed by atoms with Crippen molar-refractivity contribution in [3.8, 4) is 22.4 Å². The summed E-state index contributed by atoms with van der Waals surface area (Å²) in [5, 5.41) is 4.10. The van der Waals surface area contributed by atoms with Crippen molar-refractivity contribution in [2.45, 2.75) is 25.9 Å². The van der Waals surface area contributed by atoms with E-state index in [0.29, 0.717) is 12.3 Å². The van der Waals surface area contributed by atoms with Crippen molar-refractivity contribution >= 4 is 0 Å². The number of rotatable bonds is 5. The molecule has 0 atom stereocenters. The normalized spacial score (nSPS) is 14.9. The lowest BCUT2D eigenvalue weighted by Crippen LogP contribution is -2.18. The zero-order valence-corrected chi connectivity index (χ0v) is 14.3. The van der Waals surface area contributed by atoms with E-state index in [-0.39, 0.29) is 0 Å². The molecule has 0 bridgehead atoms. The summed E-state index contributed by atoms with van der Waals surface area (Å²) in [6, 6.07) is 19.2. The molecule has 2 heterocycles. The van der Waals surface area contributed by atoms with Crippen LogP contribution in [0.5, 0.6) is 0 Å². The van der Waals surface area contributed by atoms with Crippen LogP contribution in [0.3, 0.4) is 0 Å². The zero-order chi connectivity index (χ0) is 17.1. The van der Waals surface area contributed by atoms with Crippen LogP contribution in [-0.2, 0) is 13.1 Å². The molecular formula is C21H23N3O. The molecule has 4 heteroatoms. The van der Waals surface area contributed by atoms with Gasteiger partial charge in [-0.15, -0.1) is 0 Å². The molecule has 0 spiro atoms. The maximum atomic E-state index is 5.60. The fraction of sp³-hybridized carbons (Fsp3) is 0.286. The van der Waals surface area contributed by atoms with Gasteiger partial charge in [0.15, 0.2) is 5.76 Å². The van der Waals surface area contributed by atoms with Crippen LogP contribution in [0.4, 0.5) is 0 Å². The second-order valence-electron chi connectivity index (χ2n) is 6.64. The SMILES string of the molecule is NCc1cc(-c2cccc(-c3ccc(CN4CCCC4)cc3)c2)no1. The number of nitrogens with zero attached hydrogens (tertiary/aromatic N) is 2. The number of likely N-dealkylation sites (tertiary alicyclic amines) is 1. The summed E-state index contributed by atoms with van der Waals surface area (Å²) in [6.07, 6.45) is 2.66. The van der Waals surface area contributed by atoms with Gasteiger partial charge in [-0.05, 0) is 48.7 Å². The van der Waals surface area contributed by atoms with Gasteiger partial charge in [-0.3, -0.25) is 4.90 Å². The predicted octanol–water partition coefficient (Wildman–Crippen LogP) is 4.06. The first kappa shape index (κ1) is 16.1. The van der Waals surface area contributed by atoms with E-state index in [1.807, 2.05) is 12.1 Å². The molecule has 25 heavy (non-hydrogen) atoms. The van der Waals surface area contributed by atoms with Crippen LogP contribution in [0.25, 0.3) is 22.4 Å². The lowest BCUT2D eigenvalue weighted by molar-refractivity contribution is 0.331. The molecule has 1 saturated heterocycles. The molecule has 128 valence electrons. The van der Waals surface area contributed by atoms with Gasteiger partial charge < -0.3 is 10.3 Å². The molecule has 0 unspecified atom stereocenters. The van der Waals surface area contributed by atoms with Gasteiger partial charge in [0.05, 0.1) is 6.54 Å². The number of nitrogens with two attached hydrogens (primary N) is 1. The second-order valence-corrected chi connectivity index (χ2v) is 6.64. The third kappa shape index (κ3) is 3.65. The molecule has 3 aromatic rings. The van der Waals surface area contributed by atoms with Gasteiger partial charge in [0.1, 0.15) is 5.69 Å². The van der Waals surface area contributed by atoms with E-state index in [4.69, 9.17) is 10.3 Å². The van der Waals surface area contributed by atoms with Gasteiger partial charge >= 0.3 is 0 Å². The summed E-state index contributed by atoms with van der Waals surface area (Å²) in [5.41, 5.74) is 11.2. The lowest BCUT2D eigenvalue weighted by Gasteiger charge is -2.14. The summed E-state index contributed by atoms with van der Waals surface area (Å²) in [7, 11) is 0. The topological polar surface area (TPSA) is 55.3 Å². The fourth-order valence-corrected chi connectivity index (χ4v) is 3.40. The lowest BCUT2D eigenvalue weighted by atomic mass is 10.0. The van der Waals surface area contributed by atoms with E-state index >= 15 is 0 Å². The van der Waals surface area contributed by atoms with Crippen LogP contribution < -0.4 is 5.73 Å². The Morgan fingerprint density at radius 3 is 2.40 bits per heavy atom. The third-order valence-corrected chi connectivity index (χ3v) is 4.81. The highest BCUT2D eigenvalue weighted by molar-refractivity contribution is 5.71. The van der Waals surface area contributed by atoms with Gasteiger partial charge in [-0.1, -0.05) is 47.6 Å². The fourth-order valence-electron chi connectivity index (χ4n) is 3.40. The Labute approximate surface area is 148 Å². The largest absolute Gasteiger partial charge is 0.359 e. The molecule has 0 radical (unpaired) electrons. The van der Waals surface area contributed by atoms with Crippen LogP contribution in [-0.4, -0.2) is 23.1 Å². The summed E-state index contributed by atoms with van der Waals surface area (Å²) in [5.74, 6) is 0.701. The summed E-state index contributed by atoms with van der Waals surface area (Å²) in [4.78, 5) is 2.52. The Kier molecular flexibility index (Phi) is 4.63. The molecule has 1 aliphatic rings. The number of aromatic nitrogens is 1. The standard InChI is InChI=1S/C21H23N3O/c22-14-20-13-21(23-25-20)19-5-3-4-18(12-19)17-8-6-16(7-9-17)15-24-10-1-2-11-24/h3-9,12-13H,1-2,10-11,14-15,22H2. The number of benzene rings is 2. The number of hydrogen-bond donors (Lipinski definition) is 1. The van der Waals surface area contributed by atoms with E-state index in [1.165, 1.54) is 42.6 Å². The second kappa shape index (κ2) is 7.21. The maximum absolute atomic E-state index is 5.60. The molecule has 2 aromatic carbocycles. The minimum absolute atomic E-state index is 0.366. The van der Waals surface area contributed by atoms with Gasteiger partial charge in [0, 0.05) is 18.2 Å². The Hall–Kier alpha value is -2.43. The summed E-state index contributed by atoms with van der Waals surface area (Å²) in [6.45, 7) is 3.88. The van der Waals surface area contributed by atoms with Gasteiger partial charge in [0.2, 0.25) is 0 Å². The molecule has 1 fully saturated rings. The zero-order valence-electron chi connectivity index (χ0n) is 14.3. The van der Waals surface area contributed by atoms with E-state index in [0.717, 1.165) is 17.8 Å². The Morgan fingerprint density at radius 1 is 0.920 bits per heavy atom. The maximum Gasteiger partial charge on any atom is 0.150 e. The average molecular weight is 333 g/mol. The van der Waals surface area contributed by atoms with E-state index in [9.17, 15) is 0 Å². The Morgan fingerprint density at radius 2 is 1.68 bits per heavy atom. The van der Waals surface area contributed by atoms with Gasteiger partial charge in [-0.2, -0.15) is 0 Å². The van der Waals surface area contributed by atoms with E-state index < -0.39 is 0 Å². The molecule has 0 saturated carbocycles. The van der Waals surface area contributed by atoms with Crippen LogP contribution in [0.1, 0.15) is 24.2 Å². The predicted molar refractivity (Wildman–Crippen MR) is 99.8 cm³/mol. The van der Waals surface area contributed by atoms with Gasteiger partial charge in [0.25, 0.3) is 0 Å². The van der Waals surface area contributed by atoms with Gasteiger partial charge in [-0.25, -0.2) is 0 Å². The number of hydrogen-bond acceptors (Lipinski definition) is 4. The van der Waals surface area contributed by atoms with Crippen molar-refractivity contribution in [2.75, 3.05) is 13.1 Å². The van der Waals surface area contributed by atoms with Crippen molar-refractivity contribution in [1.29, 1.82) is 0 Å². The van der Waals surface area contributed by atoms with Crippen LogP contribution >= 0.6 is 0 Å². The van der Waals surface area contributed by atoms with E-state index in [1.54, 1.807) is 0 Å². The van der Waals surface area contributed by atoms with Crippen LogP contribution in [0.15, 0.2) is 59.1 Å². The van der Waals surface area contributed by atoms with Crippen molar-refractivity contribution in [1.82, 2.24) is 10.1 Å².